The zero-order chi connectivity index (χ0) is 12.4. The van der Waals surface area contributed by atoms with Crippen molar-refractivity contribution in [3.8, 4) is 0 Å². The number of carbonyl (C=O) groups excluding carboxylic acids is 1. The van der Waals surface area contributed by atoms with Crippen LogP contribution in [-0.4, -0.2) is 22.9 Å². The minimum absolute atomic E-state index is 0.0340. The third kappa shape index (κ3) is 1.29. The summed E-state index contributed by atoms with van der Waals surface area (Å²) in [5.74, 6) is 0.204. The number of ketones is 1. The van der Waals surface area contributed by atoms with Gasteiger partial charge in [-0.2, -0.15) is 8.42 Å². The summed E-state index contributed by atoms with van der Waals surface area (Å²) in [5, 5.41) is 0. The summed E-state index contributed by atoms with van der Waals surface area (Å²) in [6, 6.07) is 0. The van der Waals surface area contributed by atoms with Crippen molar-refractivity contribution in [3.05, 3.63) is 0 Å². The van der Waals surface area contributed by atoms with E-state index >= 15 is 0 Å². The van der Waals surface area contributed by atoms with E-state index in [4.69, 9.17) is 0 Å². The molecule has 0 aromatic carbocycles. The first-order valence-corrected chi connectivity index (χ1v) is 7.69. The molecule has 0 saturated heterocycles. The molecule has 3 unspecified atom stereocenters. The molecule has 3 atom stereocenters. The Balaban J connectivity index is 2.56. The van der Waals surface area contributed by atoms with E-state index in [0.717, 1.165) is 6.42 Å². The Morgan fingerprint density at radius 1 is 1.50 bits per heavy atom. The lowest BCUT2D eigenvalue weighted by atomic mass is 9.70. The third-order valence-electron chi connectivity index (χ3n) is 4.64. The van der Waals surface area contributed by atoms with Crippen LogP contribution >= 0.6 is 15.9 Å². The van der Waals surface area contributed by atoms with Crippen LogP contribution in [0.3, 0.4) is 0 Å². The number of carbonyl (C=O) groups is 1. The summed E-state index contributed by atoms with van der Waals surface area (Å²) >= 11 is 3.03. The number of rotatable bonds is 2. The number of hydrogen-bond acceptors (Lipinski definition) is 3. The van der Waals surface area contributed by atoms with Gasteiger partial charge in [0.25, 0.3) is 10.1 Å². The highest BCUT2D eigenvalue weighted by atomic mass is 79.9. The van der Waals surface area contributed by atoms with Gasteiger partial charge >= 0.3 is 0 Å². The second-order valence-electron chi connectivity index (χ2n) is 5.39. The minimum atomic E-state index is -4.24. The molecule has 4 nitrogen and oxygen atoms in total. The lowest BCUT2D eigenvalue weighted by Crippen LogP contribution is -2.46. The molecule has 1 N–H and O–H groups in total. The van der Waals surface area contributed by atoms with Crippen LogP contribution in [0.2, 0.25) is 0 Å². The molecule has 6 heteroatoms. The molecule has 2 fully saturated rings. The lowest BCUT2D eigenvalue weighted by Gasteiger charge is -2.38. The van der Waals surface area contributed by atoms with Gasteiger partial charge in [-0.3, -0.25) is 9.35 Å². The molecule has 0 aromatic rings. The average Bonchev–Trinajstić information content (AvgIpc) is 2.48. The van der Waals surface area contributed by atoms with Gasteiger partial charge < -0.3 is 0 Å². The van der Waals surface area contributed by atoms with Crippen molar-refractivity contribution in [2.24, 2.45) is 16.7 Å². The predicted octanol–water partition coefficient (Wildman–Crippen LogP) is 1.99. The highest BCUT2D eigenvalue weighted by Gasteiger charge is 2.69. The van der Waals surface area contributed by atoms with Crippen LogP contribution in [0.4, 0.5) is 0 Å². The van der Waals surface area contributed by atoms with E-state index in [0.29, 0.717) is 12.8 Å². The first-order chi connectivity index (χ1) is 7.14. The van der Waals surface area contributed by atoms with Crippen molar-refractivity contribution in [2.45, 2.75) is 37.3 Å². The molecule has 16 heavy (non-hydrogen) atoms. The van der Waals surface area contributed by atoms with Gasteiger partial charge in [-0.1, -0.05) is 29.8 Å². The maximum atomic E-state index is 12.1. The Labute approximate surface area is 104 Å². The van der Waals surface area contributed by atoms with Gasteiger partial charge in [0.1, 0.15) is 5.78 Å². The zero-order valence-electron chi connectivity index (χ0n) is 9.23. The van der Waals surface area contributed by atoms with E-state index in [2.05, 4.69) is 15.9 Å². The lowest BCUT2D eigenvalue weighted by molar-refractivity contribution is -0.128. The van der Waals surface area contributed by atoms with Crippen molar-refractivity contribution < 1.29 is 17.8 Å². The second kappa shape index (κ2) is 3.29. The topological polar surface area (TPSA) is 71.4 Å². The quantitative estimate of drug-likeness (QED) is 0.625. The van der Waals surface area contributed by atoms with Gasteiger partial charge in [-0.05, 0) is 24.2 Å². The maximum Gasteiger partial charge on any atom is 0.278 e. The van der Waals surface area contributed by atoms with Gasteiger partial charge in [-0.25, -0.2) is 0 Å². The summed E-state index contributed by atoms with van der Waals surface area (Å²) in [4.78, 5) is 12.1. The second-order valence-corrected chi connectivity index (χ2v) is 8.41. The number of halogens is 1. The van der Waals surface area contributed by atoms with Crippen molar-refractivity contribution in [1.29, 1.82) is 0 Å². The van der Waals surface area contributed by atoms with Gasteiger partial charge in [-0.15, -0.1) is 0 Å². The number of hydrogen-bond donors (Lipinski definition) is 1. The molecular formula is C10H15BrO4S. The van der Waals surface area contributed by atoms with E-state index in [1.54, 1.807) is 0 Å². The van der Waals surface area contributed by atoms with Crippen molar-refractivity contribution in [3.63, 3.8) is 0 Å². The van der Waals surface area contributed by atoms with Crippen LogP contribution in [0.5, 0.6) is 0 Å². The Hall–Kier alpha value is 0.0600. The zero-order valence-corrected chi connectivity index (χ0v) is 11.6. The van der Waals surface area contributed by atoms with Crippen LogP contribution in [0.25, 0.3) is 0 Å². The van der Waals surface area contributed by atoms with Crippen molar-refractivity contribution in [2.75, 3.05) is 0 Å². The summed E-state index contributed by atoms with van der Waals surface area (Å²) in [5.41, 5.74) is -1.32. The summed E-state index contributed by atoms with van der Waals surface area (Å²) in [7, 11) is -4.24. The van der Waals surface area contributed by atoms with Gasteiger partial charge in [0.05, 0.1) is 5.41 Å². The fourth-order valence-electron chi connectivity index (χ4n) is 3.50. The van der Waals surface area contributed by atoms with E-state index in [-0.39, 0.29) is 17.1 Å². The largest absolute Gasteiger partial charge is 0.299 e. The molecule has 2 saturated carbocycles. The normalized spacial score (nSPS) is 39.0. The molecule has 0 radical (unpaired) electrons. The monoisotopic (exact) mass is 310 g/mol. The minimum Gasteiger partial charge on any atom is -0.299 e. The Morgan fingerprint density at radius 2 is 2.06 bits per heavy atom. The fourth-order valence-corrected chi connectivity index (χ4v) is 5.63. The maximum absolute atomic E-state index is 12.1. The highest BCUT2D eigenvalue weighted by Crippen LogP contribution is 2.67. The van der Waals surface area contributed by atoms with Gasteiger partial charge in [0.15, 0.2) is 4.16 Å². The Bertz CT molecular complexity index is 442. The summed E-state index contributed by atoms with van der Waals surface area (Å²) < 4.78 is 30.6. The van der Waals surface area contributed by atoms with E-state index in [1.807, 2.05) is 13.8 Å². The van der Waals surface area contributed by atoms with E-state index in [9.17, 15) is 17.8 Å². The van der Waals surface area contributed by atoms with Crippen molar-refractivity contribution >= 4 is 31.8 Å². The molecule has 2 aliphatic carbocycles. The van der Waals surface area contributed by atoms with Gasteiger partial charge in [0.2, 0.25) is 0 Å². The number of alkyl halides is 1. The first kappa shape index (κ1) is 12.5. The SMILES string of the molecule is CC1(C)C2CCC1(C(Br)S(=O)(=O)O)C(=O)C2. The molecule has 0 spiro atoms. The van der Waals surface area contributed by atoms with E-state index in [1.165, 1.54) is 0 Å². The van der Waals surface area contributed by atoms with Crippen LogP contribution < -0.4 is 0 Å². The molecule has 0 amide bonds. The number of fused-ring (bicyclic) bond motifs is 2. The van der Waals surface area contributed by atoms with Gasteiger partial charge in [0, 0.05) is 6.42 Å². The molecule has 2 bridgehead atoms. The fraction of sp³-hybridized carbons (Fsp3) is 0.900. The third-order valence-corrected chi connectivity index (χ3v) is 7.76. The number of Topliss-reactive ketones (excluding diaryl/α,β-unsaturated/α-hetero) is 1. The van der Waals surface area contributed by atoms with Crippen LogP contribution in [0.1, 0.15) is 33.1 Å². The predicted molar refractivity (Wildman–Crippen MR) is 62.8 cm³/mol. The first-order valence-electron chi connectivity index (χ1n) is 5.27. The van der Waals surface area contributed by atoms with Crippen molar-refractivity contribution in [1.82, 2.24) is 0 Å². The van der Waals surface area contributed by atoms with Crippen LogP contribution in [0, 0.1) is 16.7 Å². The summed E-state index contributed by atoms with van der Waals surface area (Å²) in [6.45, 7) is 3.85. The average molecular weight is 311 g/mol. The molecular weight excluding hydrogens is 296 g/mol. The molecule has 0 aliphatic heterocycles. The van der Waals surface area contributed by atoms with Crippen LogP contribution in [-0.2, 0) is 14.9 Å². The van der Waals surface area contributed by atoms with Crippen LogP contribution in [0.15, 0.2) is 0 Å². The molecule has 2 rings (SSSR count). The Morgan fingerprint density at radius 3 is 2.38 bits per heavy atom. The molecule has 0 aromatic heterocycles. The Kier molecular flexibility index (Phi) is 2.58. The molecule has 2 aliphatic rings. The molecule has 92 valence electrons. The summed E-state index contributed by atoms with van der Waals surface area (Å²) in [6.07, 6.45) is 1.83. The highest BCUT2D eigenvalue weighted by molar-refractivity contribution is 9.11. The van der Waals surface area contributed by atoms with E-state index < -0.39 is 19.7 Å². The standard InChI is InChI=1S/C10H15BrO4S/c1-9(2)6-3-4-10(9,7(12)5-6)8(11)16(13,14)15/h6,8H,3-5H2,1-2H3,(H,13,14,15). The molecule has 0 heterocycles. The smallest absolute Gasteiger partial charge is 0.278 e.